The van der Waals surface area contributed by atoms with Crippen molar-refractivity contribution in [3.05, 3.63) is 59.7 Å². The molecule has 0 radical (unpaired) electrons. The molecule has 2 amide bonds. The zero-order valence-corrected chi connectivity index (χ0v) is 14.4. The minimum Gasteiger partial charge on any atom is -0.453 e. The third-order valence-corrected chi connectivity index (χ3v) is 3.76. The van der Waals surface area contributed by atoms with Crippen LogP contribution in [0.3, 0.4) is 0 Å². The Labute approximate surface area is 142 Å². The van der Waals surface area contributed by atoms with E-state index in [4.69, 9.17) is 4.74 Å². The molecule has 0 aromatic heterocycles. The fourth-order valence-corrected chi connectivity index (χ4v) is 2.54. The van der Waals surface area contributed by atoms with Crippen molar-refractivity contribution in [2.24, 2.45) is 0 Å². The first-order valence-corrected chi connectivity index (χ1v) is 7.63. The lowest BCUT2D eigenvalue weighted by atomic mass is 9.94. The van der Waals surface area contributed by atoms with Crippen LogP contribution in [-0.4, -0.2) is 50.1 Å². The SMILES string of the molecule is COC(=O)N(C)Cc1ccccc1-c1ccccc1C(=O)N(C)C. The molecule has 0 saturated heterocycles. The van der Waals surface area contributed by atoms with Gasteiger partial charge in [-0.3, -0.25) is 4.79 Å². The van der Waals surface area contributed by atoms with Gasteiger partial charge in [0.1, 0.15) is 0 Å². The number of benzene rings is 2. The topological polar surface area (TPSA) is 49.9 Å². The van der Waals surface area contributed by atoms with Crippen molar-refractivity contribution >= 4 is 12.0 Å². The molecule has 24 heavy (non-hydrogen) atoms. The van der Waals surface area contributed by atoms with Crippen LogP contribution in [0.2, 0.25) is 0 Å². The van der Waals surface area contributed by atoms with Gasteiger partial charge in [0.15, 0.2) is 0 Å². The molecule has 2 aromatic carbocycles. The number of carbonyl (C=O) groups excluding carboxylic acids is 2. The second-order valence-corrected chi connectivity index (χ2v) is 5.73. The lowest BCUT2D eigenvalue weighted by Gasteiger charge is -2.20. The Morgan fingerprint density at radius 2 is 1.50 bits per heavy atom. The van der Waals surface area contributed by atoms with Crippen molar-refractivity contribution in [2.45, 2.75) is 6.54 Å². The quantitative estimate of drug-likeness (QED) is 0.866. The van der Waals surface area contributed by atoms with Crippen LogP contribution >= 0.6 is 0 Å². The van der Waals surface area contributed by atoms with Crippen molar-refractivity contribution in [3.8, 4) is 11.1 Å². The Kier molecular flexibility index (Phi) is 5.58. The molecule has 0 atom stereocenters. The highest BCUT2D eigenvalue weighted by Gasteiger charge is 2.17. The smallest absolute Gasteiger partial charge is 0.409 e. The molecule has 0 aliphatic rings. The molecular weight excluding hydrogens is 304 g/mol. The average Bonchev–Trinajstić information content (AvgIpc) is 2.60. The molecule has 2 rings (SSSR count). The Balaban J connectivity index is 2.48. The number of nitrogens with zero attached hydrogens (tertiary/aromatic N) is 2. The zero-order chi connectivity index (χ0) is 17.7. The van der Waals surface area contributed by atoms with Crippen molar-refractivity contribution in [1.29, 1.82) is 0 Å². The van der Waals surface area contributed by atoms with Crippen LogP contribution in [0.5, 0.6) is 0 Å². The summed E-state index contributed by atoms with van der Waals surface area (Å²) in [4.78, 5) is 27.2. The van der Waals surface area contributed by atoms with Gasteiger partial charge in [-0.1, -0.05) is 42.5 Å². The van der Waals surface area contributed by atoms with Crippen LogP contribution in [0.1, 0.15) is 15.9 Å². The second kappa shape index (κ2) is 7.64. The summed E-state index contributed by atoms with van der Waals surface area (Å²) >= 11 is 0. The second-order valence-electron chi connectivity index (χ2n) is 5.73. The molecule has 5 nitrogen and oxygen atoms in total. The third-order valence-electron chi connectivity index (χ3n) is 3.76. The Morgan fingerprint density at radius 3 is 2.12 bits per heavy atom. The van der Waals surface area contributed by atoms with Gasteiger partial charge in [-0.15, -0.1) is 0 Å². The van der Waals surface area contributed by atoms with Crippen molar-refractivity contribution in [3.63, 3.8) is 0 Å². The number of hydrogen-bond acceptors (Lipinski definition) is 3. The van der Waals surface area contributed by atoms with Crippen LogP contribution < -0.4 is 0 Å². The van der Waals surface area contributed by atoms with E-state index in [0.29, 0.717) is 12.1 Å². The van der Waals surface area contributed by atoms with Crippen LogP contribution in [0.25, 0.3) is 11.1 Å². The van der Waals surface area contributed by atoms with Gasteiger partial charge in [-0.25, -0.2) is 4.79 Å². The molecular formula is C19H22N2O3. The molecule has 0 spiro atoms. The van der Waals surface area contributed by atoms with E-state index in [9.17, 15) is 9.59 Å². The summed E-state index contributed by atoms with van der Waals surface area (Å²) in [5.74, 6) is -0.0540. The van der Waals surface area contributed by atoms with E-state index in [1.54, 1.807) is 26.0 Å². The Hall–Kier alpha value is -2.82. The molecule has 5 heteroatoms. The first-order valence-electron chi connectivity index (χ1n) is 7.63. The van der Waals surface area contributed by atoms with E-state index >= 15 is 0 Å². The molecule has 0 saturated carbocycles. The van der Waals surface area contributed by atoms with E-state index in [0.717, 1.165) is 16.7 Å². The largest absolute Gasteiger partial charge is 0.453 e. The van der Waals surface area contributed by atoms with Gasteiger partial charge < -0.3 is 14.5 Å². The van der Waals surface area contributed by atoms with Gasteiger partial charge in [0.25, 0.3) is 5.91 Å². The molecule has 0 fully saturated rings. The van der Waals surface area contributed by atoms with Gasteiger partial charge in [-0.2, -0.15) is 0 Å². The maximum Gasteiger partial charge on any atom is 0.409 e. The van der Waals surface area contributed by atoms with Crippen molar-refractivity contribution in [2.75, 3.05) is 28.3 Å². The molecule has 0 unspecified atom stereocenters. The lowest BCUT2D eigenvalue weighted by molar-refractivity contribution is 0.0828. The highest BCUT2D eigenvalue weighted by atomic mass is 16.5. The number of rotatable bonds is 4. The third kappa shape index (κ3) is 3.74. The van der Waals surface area contributed by atoms with Crippen molar-refractivity contribution in [1.82, 2.24) is 9.80 Å². The molecule has 126 valence electrons. The maximum absolute atomic E-state index is 12.5. The molecule has 0 N–H and O–H groups in total. The average molecular weight is 326 g/mol. The number of hydrogen-bond donors (Lipinski definition) is 0. The number of amides is 2. The Morgan fingerprint density at radius 1 is 0.917 bits per heavy atom. The fourth-order valence-electron chi connectivity index (χ4n) is 2.54. The normalized spacial score (nSPS) is 10.2. The standard InChI is InChI=1S/C19H22N2O3/c1-20(2)18(22)17-12-8-7-11-16(17)15-10-6-5-9-14(15)13-21(3)19(23)24-4/h5-12H,13H2,1-4H3. The molecule has 2 aromatic rings. The van der Waals surface area contributed by atoms with Crippen LogP contribution in [0.15, 0.2) is 48.5 Å². The summed E-state index contributed by atoms with van der Waals surface area (Å²) in [5, 5.41) is 0. The maximum atomic E-state index is 12.5. The zero-order valence-electron chi connectivity index (χ0n) is 14.4. The van der Waals surface area contributed by atoms with Gasteiger partial charge >= 0.3 is 6.09 Å². The summed E-state index contributed by atoms with van der Waals surface area (Å²) in [6, 6.07) is 15.3. The van der Waals surface area contributed by atoms with E-state index < -0.39 is 6.09 Å². The highest BCUT2D eigenvalue weighted by Crippen LogP contribution is 2.28. The first-order chi connectivity index (χ1) is 11.5. The van der Waals surface area contributed by atoms with Crippen molar-refractivity contribution < 1.29 is 14.3 Å². The van der Waals surface area contributed by atoms with Gasteiger partial charge in [0.2, 0.25) is 0 Å². The van der Waals surface area contributed by atoms with Gasteiger partial charge in [-0.05, 0) is 22.8 Å². The first kappa shape index (κ1) is 17.5. The van der Waals surface area contributed by atoms with Gasteiger partial charge in [0.05, 0.1) is 7.11 Å². The highest BCUT2D eigenvalue weighted by molar-refractivity contribution is 6.01. The number of ether oxygens (including phenoxy) is 1. The minimum atomic E-state index is -0.401. The number of carbonyl (C=O) groups is 2. The van der Waals surface area contributed by atoms with E-state index in [1.807, 2.05) is 48.5 Å². The summed E-state index contributed by atoms with van der Waals surface area (Å²) in [6.45, 7) is 0.396. The van der Waals surface area contributed by atoms with Crippen LogP contribution in [-0.2, 0) is 11.3 Å². The van der Waals surface area contributed by atoms with E-state index in [1.165, 1.54) is 12.0 Å². The fraction of sp³-hybridized carbons (Fsp3) is 0.263. The Bertz CT molecular complexity index is 741. The van der Waals surface area contributed by atoms with E-state index in [-0.39, 0.29) is 5.91 Å². The van der Waals surface area contributed by atoms with Crippen LogP contribution in [0, 0.1) is 0 Å². The number of methoxy groups -OCH3 is 1. The molecule has 0 aliphatic heterocycles. The van der Waals surface area contributed by atoms with Crippen LogP contribution in [0.4, 0.5) is 4.79 Å². The predicted molar refractivity (Wildman–Crippen MR) is 93.8 cm³/mol. The summed E-state index contributed by atoms with van der Waals surface area (Å²) in [6.07, 6.45) is -0.401. The monoisotopic (exact) mass is 326 g/mol. The summed E-state index contributed by atoms with van der Waals surface area (Å²) in [5.41, 5.74) is 3.36. The summed E-state index contributed by atoms with van der Waals surface area (Å²) < 4.78 is 4.75. The lowest BCUT2D eigenvalue weighted by Crippen LogP contribution is -2.26. The minimum absolute atomic E-state index is 0.0540. The van der Waals surface area contributed by atoms with Gasteiger partial charge in [0, 0.05) is 33.3 Å². The molecule has 0 bridgehead atoms. The predicted octanol–water partition coefficient (Wildman–Crippen LogP) is 3.25. The summed E-state index contributed by atoms with van der Waals surface area (Å²) in [7, 11) is 6.50. The van der Waals surface area contributed by atoms with E-state index in [2.05, 4.69) is 0 Å². The molecule has 0 aliphatic carbocycles. The molecule has 0 heterocycles.